The molecule has 4 nitrogen and oxygen atoms in total. The summed E-state index contributed by atoms with van der Waals surface area (Å²) in [7, 11) is 3.20. The van der Waals surface area contributed by atoms with Gasteiger partial charge in [-0.15, -0.1) is 0 Å². The van der Waals surface area contributed by atoms with Gasteiger partial charge in [0, 0.05) is 6.04 Å². The number of ether oxygens (including phenoxy) is 2. The van der Waals surface area contributed by atoms with Gasteiger partial charge >= 0.3 is 0 Å². The second-order valence-electron chi connectivity index (χ2n) is 5.70. The van der Waals surface area contributed by atoms with E-state index in [2.05, 4.69) is 5.43 Å². The lowest BCUT2D eigenvalue weighted by molar-refractivity contribution is 0.300. The fourth-order valence-corrected chi connectivity index (χ4v) is 3.49. The molecule has 2 rings (SSSR count). The maximum Gasteiger partial charge on any atom is 0.179 e. The van der Waals surface area contributed by atoms with Gasteiger partial charge in [-0.25, -0.2) is 0 Å². The van der Waals surface area contributed by atoms with Crippen molar-refractivity contribution in [2.24, 2.45) is 11.8 Å². The first-order chi connectivity index (χ1) is 10.2. The van der Waals surface area contributed by atoms with Crippen LogP contribution in [0.1, 0.15) is 50.1 Å². The summed E-state index contributed by atoms with van der Waals surface area (Å²) in [5, 5.41) is 0.552. The minimum atomic E-state index is 0.0883. The largest absolute Gasteiger partial charge is 0.493 e. The quantitative estimate of drug-likeness (QED) is 0.619. The lowest BCUT2D eigenvalue weighted by atomic mass is 9.83. The summed E-state index contributed by atoms with van der Waals surface area (Å²) in [5.74, 6) is 7.71. The van der Waals surface area contributed by atoms with Crippen molar-refractivity contribution in [2.45, 2.75) is 44.6 Å². The van der Waals surface area contributed by atoms with Crippen LogP contribution in [0.5, 0.6) is 11.5 Å². The summed E-state index contributed by atoms with van der Waals surface area (Å²) >= 11 is 6.28. The molecule has 1 aliphatic rings. The normalized spacial score (nSPS) is 17.5. The van der Waals surface area contributed by atoms with Crippen LogP contribution < -0.4 is 20.7 Å². The molecule has 1 unspecified atom stereocenters. The van der Waals surface area contributed by atoms with Crippen molar-refractivity contribution >= 4 is 11.6 Å². The molecule has 1 fully saturated rings. The van der Waals surface area contributed by atoms with Gasteiger partial charge in [0.15, 0.2) is 11.5 Å². The number of hydrogen-bond donors (Lipinski definition) is 2. The average molecular weight is 313 g/mol. The van der Waals surface area contributed by atoms with Gasteiger partial charge in [-0.05, 0) is 30.0 Å². The molecule has 21 heavy (non-hydrogen) atoms. The molecule has 0 radical (unpaired) electrons. The Hall–Kier alpha value is -0.970. The zero-order valence-electron chi connectivity index (χ0n) is 12.8. The van der Waals surface area contributed by atoms with E-state index in [0.717, 1.165) is 17.9 Å². The predicted molar refractivity (Wildman–Crippen MR) is 85.8 cm³/mol. The first-order valence-corrected chi connectivity index (χ1v) is 7.95. The van der Waals surface area contributed by atoms with E-state index < -0.39 is 0 Å². The zero-order valence-corrected chi connectivity index (χ0v) is 13.6. The Kier molecular flexibility index (Phi) is 6.15. The van der Waals surface area contributed by atoms with Gasteiger partial charge in [0.1, 0.15) is 0 Å². The minimum Gasteiger partial charge on any atom is -0.493 e. The van der Waals surface area contributed by atoms with E-state index in [1.807, 2.05) is 12.1 Å². The van der Waals surface area contributed by atoms with Crippen LogP contribution in [0.25, 0.3) is 0 Å². The zero-order chi connectivity index (χ0) is 15.2. The predicted octanol–water partition coefficient (Wildman–Crippen LogP) is 3.83. The monoisotopic (exact) mass is 312 g/mol. The lowest BCUT2D eigenvalue weighted by Crippen LogP contribution is -2.30. The third-order valence-electron chi connectivity index (χ3n) is 4.35. The molecule has 1 aromatic carbocycles. The Morgan fingerprint density at radius 3 is 2.52 bits per heavy atom. The summed E-state index contributed by atoms with van der Waals surface area (Å²) in [6.45, 7) is 0. The highest BCUT2D eigenvalue weighted by Crippen LogP contribution is 2.39. The van der Waals surface area contributed by atoms with Gasteiger partial charge in [0.05, 0.1) is 19.2 Å². The van der Waals surface area contributed by atoms with Gasteiger partial charge in [-0.1, -0.05) is 43.7 Å². The van der Waals surface area contributed by atoms with E-state index in [4.69, 9.17) is 26.9 Å². The molecule has 0 spiro atoms. The summed E-state index contributed by atoms with van der Waals surface area (Å²) in [4.78, 5) is 0. The third kappa shape index (κ3) is 4.02. The number of nitrogens with two attached hydrogens (primary N) is 1. The number of methoxy groups -OCH3 is 2. The van der Waals surface area contributed by atoms with Crippen molar-refractivity contribution in [1.82, 2.24) is 5.43 Å². The molecule has 5 heteroatoms. The Balaban J connectivity index is 2.18. The van der Waals surface area contributed by atoms with Crippen molar-refractivity contribution in [3.05, 3.63) is 22.7 Å². The smallest absolute Gasteiger partial charge is 0.179 e. The second kappa shape index (κ2) is 7.87. The molecule has 1 aromatic rings. The second-order valence-corrected chi connectivity index (χ2v) is 6.10. The van der Waals surface area contributed by atoms with Gasteiger partial charge in [0.2, 0.25) is 0 Å². The van der Waals surface area contributed by atoms with Crippen LogP contribution in [0.2, 0.25) is 5.02 Å². The van der Waals surface area contributed by atoms with Gasteiger partial charge < -0.3 is 9.47 Å². The summed E-state index contributed by atoms with van der Waals surface area (Å²) in [5.41, 5.74) is 3.97. The first kappa shape index (κ1) is 16.4. The van der Waals surface area contributed by atoms with E-state index in [0.29, 0.717) is 16.5 Å². The van der Waals surface area contributed by atoms with E-state index in [1.165, 1.54) is 32.1 Å². The van der Waals surface area contributed by atoms with E-state index in [-0.39, 0.29) is 6.04 Å². The molecule has 3 N–H and O–H groups in total. The van der Waals surface area contributed by atoms with Crippen LogP contribution in [0.4, 0.5) is 0 Å². The van der Waals surface area contributed by atoms with E-state index >= 15 is 0 Å². The molecule has 0 aliphatic heterocycles. The van der Waals surface area contributed by atoms with Crippen molar-refractivity contribution in [2.75, 3.05) is 14.2 Å². The molecule has 0 aromatic heterocycles. The maximum atomic E-state index is 6.28. The van der Waals surface area contributed by atoms with Crippen molar-refractivity contribution in [3.8, 4) is 11.5 Å². The third-order valence-corrected chi connectivity index (χ3v) is 4.63. The van der Waals surface area contributed by atoms with Crippen LogP contribution in [-0.4, -0.2) is 14.2 Å². The molecular weight excluding hydrogens is 288 g/mol. The standard InChI is InChI=1S/C16H25ClN2O2/c1-20-15-10-12(9-13(17)16(15)21-2)14(19-18)8-11-6-4-3-5-7-11/h9-11,14,19H,3-8,18H2,1-2H3. The highest BCUT2D eigenvalue weighted by Gasteiger charge is 2.21. The molecule has 118 valence electrons. The van der Waals surface area contributed by atoms with Crippen molar-refractivity contribution < 1.29 is 9.47 Å². The van der Waals surface area contributed by atoms with Crippen molar-refractivity contribution in [3.63, 3.8) is 0 Å². The topological polar surface area (TPSA) is 56.5 Å². The lowest BCUT2D eigenvalue weighted by Gasteiger charge is -2.27. The number of rotatable bonds is 6. The Labute approximate surface area is 131 Å². The minimum absolute atomic E-state index is 0.0883. The Bertz CT molecular complexity index is 462. The van der Waals surface area contributed by atoms with Crippen LogP contribution >= 0.6 is 11.6 Å². The molecule has 0 bridgehead atoms. The van der Waals surface area contributed by atoms with E-state index in [9.17, 15) is 0 Å². The molecule has 1 saturated carbocycles. The SMILES string of the molecule is COc1cc(C(CC2CCCCC2)NN)cc(Cl)c1OC. The molecule has 0 heterocycles. The number of nitrogens with one attached hydrogen (secondary N) is 1. The van der Waals surface area contributed by atoms with E-state index in [1.54, 1.807) is 14.2 Å². The highest BCUT2D eigenvalue weighted by atomic mass is 35.5. The molecule has 1 atom stereocenters. The van der Waals surface area contributed by atoms with Gasteiger partial charge in [-0.2, -0.15) is 0 Å². The van der Waals surface area contributed by atoms with Crippen LogP contribution in [0.3, 0.4) is 0 Å². The van der Waals surface area contributed by atoms with Crippen molar-refractivity contribution in [1.29, 1.82) is 0 Å². The molecule has 0 saturated heterocycles. The van der Waals surface area contributed by atoms with Crippen LogP contribution in [0, 0.1) is 5.92 Å². The molecule has 1 aliphatic carbocycles. The van der Waals surface area contributed by atoms with Crippen LogP contribution in [-0.2, 0) is 0 Å². The first-order valence-electron chi connectivity index (χ1n) is 7.57. The number of halogens is 1. The number of hydrazine groups is 1. The summed E-state index contributed by atoms with van der Waals surface area (Å²) in [6.07, 6.45) is 7.63. The molecular formula is C16H25ClN2O2. The number of hydrogen-bond acceptors (Lipinski definition) is 4. The number of benzene rings is 1. The van der Waals surface area contributed by atoms with Crippen LogP contribution in [0.15, 0.2) is 12.1 Å². The fraction of sp³-hybridized carbons (Fsp3) is 0.625. The van der Waals surface area contributed by atoms with Gasteiger partial charge in [0.25, 0.3) is 0 Å². The average Bonchev–Trinajstić information content (AvgIpc) is 2.52. The summed E-state index contributed by atoms with van der Waals surface area (Å²) < 4.78 is 10.6. The van der Waals surface area contributed by atoms with Gasteiger partial charge in [-0.3, -0.25) is 11.3 Å². The highest BCUT2D eigenvalue weighted by molar-refractivity contribution is 6.32. The maximum absolute atomic E-state index is 6.28. The fourth-order valence-electron chi connectivity index (χ4n) is 3.20. The summed E-state index contributed by atoms with van der Waals surface area (Å²) in [6, 6.07) is 3.96. The Morgan fingerprint density at radius 1 is 1.24 bits per heavy atom. The molecule has 0 amide bonds. The Morgan fingerprint density at radius 2 is 1.95 bits per heavy atom.